The molecule has 0 bridgehead atoms. The maximum absolute atomic E-state index is 12.8. The highest BCUT2D eigenvalue weighted by Crippen LogP contribution is 2.26. The lowest BCUT2D eigenvalue weighted by Crippen LogP contribution is -2.31. The smallest absolute Gasteiger partial charge is 0.344 e. The molecule has 1 aromatic heterocycles. The Morgan fingerprint density at radius 2 is 1.83 bits per heavy atom. The highest BCUT2D eigenvalue weighted by molar-refractivity contribution is 6.34. The number of nitrogens with zero attached hydrogens (tertiary/aromatic N) is 1. The Kier molecular flexibility index (Phi) is 4.17. The average Bonchev–Trinajstić information content (AvgIpc) is 2.57. The second kappa shape index (κ2) is 6.26. The molecule has 0 spiro atoms. The topological polar surface area (TPSA) is 50.5 Å². The summed E-state index contributed by atoms with van der Waals surface area (Å²) in [6.45, 7) is 2.24. The van der Waals surface area contributed by atoms with Gasteiger partial charge in [0.15, 0.2) is 5.76 Å². The molecule has 23 heavy (non-hydrogen) atoms. The number of rotatable bonds is 3. The van der Waals surface area contributed by atoms with Crippen molar-refractivity contribution in [2.24, 2.45) is 0 Å². The van der Waals surface area contributed by atoms with Crippen LogP contribution in [0.4, 0.5) is 5.69 Å². The number of halogens is 1. The summed E-state index contributed by atoms with van der Waals surface area (Å²) < 4.78 is 5.21. The van der Waals surface area contributed by atoms with Gasteiger partial charge in [-0.15, -0.1) is 0 Å². The second-order valence-corrected chi connectivity index (χ2v) is 5.39. The molecule has 1 heterocycles. The number of hydrogen-bond acceptors (Lipinski definition) is 3. The fourth-order valence-corrected chi connectivity index (χ4v) is 2.70. The number of amides is 1. The zero-order valence-electron chi connectivity index (χ0n) is 12.5. The van der Waals surface area contributed by atoms with E-state index in [2.05, 4.69) is 0 Å². The van der Waals surface area contributed by atoms with Crippen LogP contribution in [0.5, 0.6) is 0 Å². The molecule has 0 saturated heterocycles. The first-order chi connectivity index (χ1) is 11.1. The molecule has 0 fully saturated rings. The molecule has 0 atom stereocenters. The van der Waals surface area contributed by atoms with Crippen molar-refractivity contribution in [3.63, 3.8) is 0 Å². The summed E-state index contributed by atoms with van der Waals surface area (Å²) in [5, 5.41) is 1.58. The van der Waals surface area contributed by atoms with Crippen molar-refractivity contribution >= 4 is 34.0 Å². The number of benzene rings is 2. The van der Waals surface area contributed by atoms with Crippen molar-refractivity contribution in [2.45, 2.75) is 6.92 Å². The molecule has 3 rings (SSSR count). The van der Waals surface area contributed by atoms with Crippen LogP contribution in [-0.4, -0.2) is 12.5 Å². The van der Waals surface area contributed by atoms with Gasteiger partial charge in [-0.3, -0.25) is 4.79 Å². The van der Waals surface area contributed by atoms with E-state index in [4.69, 9.17) is 16.0 Å². The quantitative estimate of drug-likeness (QED) is 0.727. The van der Waals surface area contributed by atoms with Crippen molar-refractivity contribution < 1.29 is 9.21 Å². The van der Waals surface area contributed by atoms with Gasteiger partial charge < -0.3 is 9.32 Å². The third-order valence-electron chi connectivity index (χ3n) is 3.59. The van der Waals surface area contributed by atoms with Crippen LogP contribution >= 0.6 is 11.6 Å². The largest absolute Gasteiger partial charge is 0.417 e. The monoisotopic (exact) mass is 327 g/mol. The Morgan fingerprint density at radius 1 is 1.13 bits per heavy atom. The first kappa shape index (κ1) is 15.3. The van der Waals surface area contributed by atoms with E-state index in [0.29, 0.717) is 28.0 Å². The van der Waals surface area contributed by atoms with Crippen molar-refractivity contribution in [1.82, 2.24) is 0 Å². The zero-order chi connectivity index (χ0) is 16.4. The van der Waals surface area contributed by atoms with Crippen molar-refractivity contribution in [2.75, 3.05) is 11.4 Å². The molecular weight excluding hydrogens is 314 g/mol. The number of carbonyl (C=O) groups is 1. The minimum Gasteiger partial charge on any atom is -0.417 e. The average molecular weight is 328 g/mol. The summed E-state index contributed by atoms with van der Waals surface area (Å²) in [5.41, 5.74) is 0.0548. The SMILES string of the molecule is CCN(C(=O)c1cc2ccccc2c(=O)o1)c1ccccc1Cl. The standard InChI is InChI=1S/C18H14ClNO3/c1-2-20(15-10-6-5-9-14(15)19)17(21)16-11-12-7-3-4-8-13(12)18(22)23-16/h3-11H,2H2,1H3. The van der Waals surface area contributed by atoms with E-state index in [1.165, 1.54) is 4.90 Å². The molecule has 0 radical (unpaired) electrons. The maximum Gasteiger partial charge on any atom is 0.344 e. The molecule has 1 amide bonds. The van der Waals surface area contributed by atoms with Crippen molar-refractivity contribution in [3.8, 4) is 0 Å². The molecule has 5 heteroatoms. The summed E-state index contributed by atoms with van der Waals surface area (Å²) >= 11 is 6.17. The van der Waals surface area contributed by atoms with Gasteiger partial charge in [0.25, 0.3) is 5.91 Å². The summed E-state index contributed by atoms with van der Waals surface area (Å²) in [6, 6.07) is 15.6. The highest BCUT2D eigenvalue weighted by Gasteiger charge is 2.21. The molecule has 0 saturated carbocycles. The third-order valence-corrected chi connectivity index (χ3v) is 3.90. The Bertz CT molecular complexity index is 933. The second-order valence-electron chi connectivity index (χ2n) is 4.99. The fraction of sp³-hybridized carbons (Fsp3) is 0.111. The lowest BCUT2D eigenvalue weighted by atomic mass is 10.1. The minimum absolute atomic E-state index is 0.00419. The lowest BCUT2D eigenvalue weighted by Gasteiger charge is -2.21. The van der Waals surface area contributed by atoms with E-state index in [-0.39, 0.29) is 5.76 Å². The van der Waals surface area contributed by atoms with Crippen molar-refractivity contribution in [3.05, 3.63) is 75.8 Å². The lowest BCUT2D eigenvalue weighted by molar-refractivity contribution is 0.0958. The Labute approximate surface area is 137 Å². The number of fused-ring (bicyclic) bond motifs is 1. The predicted molar refractivity (Wildman–Crippen MR) is 91.3 cm³/mol. The predicted octanol–water partition coefficient (Wildman–Crippen LogP) is 4.11. The Hall–Kier alpha value is -2.59. The van der Waals surface area contributed by atoms with Crippen LogP contribution in [0.3, 0.4) is 0 Å². The van der Waals surface area contributed by atoms with Gasteiger partial charge in [0.05, 0.1) is 16.1 Å². The molecular formula is C18H14ClNO3. The van der Waals surface area contributed by atoms with E-state index in [1.807, 2.05) is 13.0 Å². The maximum atomic E-state index is 12.8. The normalized spacial score (nSPS) is 10.7. The van der Waals surface area contributed by atoms with Gasteiger partial charge in [-0.1, -0.05) is 41.9 Å². The van der Waals surface area contributed by atoms with Gasteiger partial charge >= 0.3 is 5.63 Å². The minimum atomic E-state index is -0.526. The summed E-state index contributed by atoms with van der Waals surface area (Å²) in [5.74, 6) is -0.404. The molecule has 0 aliphatic rings. The van der Waals surface area contributed by atoms with Crippen LogP contribution in [0.15, 0.2) is 63.8 Å². The summed E-state index contributed by atoms with van der Waals surface area (Å²) in [7, 11) is 0. The van der Waals surface area contributed by atoms with Gasteiger partial charge in [-0.05, 0) is 36.6 Å². The van der Waals surface area contributed by atoms with E-state index < -0.39 is 11.5 Å². The molecule has 0 aliphatic heterocycles. The highest BCUT2D eigenvalue weighted by atomic mass is 35.5. The zero-order valence-corrected chi connectivity index (χ0v) is 13.2. The van der Waals surface area contributed by atoms with E-state index in [1.54, 1.807) is 48.5 Å². The first-order valence-electron chi connectivity index (χ1n) is 7.21. The van der Waals surface area contributed by atoms with Crippen molar-refractivity contribution in [1.29, 1.82) is 0 Å². The van der Waals surface area contributed by atoms with Gasteiger partial charge in [0.1, 0.15) is 0 Å². The van der Waals surface area contributed by atoms with E-state index >= 15 is 0 Å². The third kappa shape index (κ3) is 2.85. The van der Waals surface area contributed by atoms with Crippen LogP contribution < -0.4 is 10.5 Å². The molecule has 4 nitrogen and oxygen atoms in total. The number of anilines is 1. The van der Waals surface area contributed by atoms with Gasteiger partial charge in [-0.25, -0.2) is 4.79 Å². The number of hydrogen-bond donors (Lipinski definition) is 0. The van der Waals surface area contributed by atoms with Crippen LogP contribution in [0.1, 0.15) is 17.5 Å². The number of para-hydroxylation sites is 1. The molecule has 2 aromatic carbocycles. The molecule has 0 N–H and O–H groups in total. The van der Waals surface area contributed by atoms with E-state index in [0.717, 1.165) is 0 Å². The van der Waals surface area contributed by atoms with Gasteiger partial charge in [-0.2, -0.15) is 0 Å². The van der Waals surface area contributed by atoms with E-state index in [9.17, 15) is 9.59 Å². The Morgan fingerprint density at radius 3 is 2.57 bits per heavy atom. The Balaban J connectivity index is 2.08. The molecule has 0 unspecified atom stereocenters. The van der Waals surface area contributed by atoms with Gasteiger partial charge in [0, 0.05) is 6.54 Å². The van der Waals surface area contributed by atoms with Crippen LogP contribution in [0.25, 0.3) is 10.8 Å². The molecule has 0 aliphatic carbocycles. The molecule has 116 valence electrons. The number of carbonyl (C=O) groups excluding carboxylic acids is 1. The van der Waals surface area contributed by atoms with Crippen LogP contribution in [-0.2, 0) is 0 Å². The fourth-order valence-electron chi connectivity index (χ4n) is 2.47. The van der Waals surface area contributed by atoms with Crippen LogP contribution in [0, 0.1) is 0 Å². The summed E-state index contributed by atoms with van der Waals surface area (Å²) in [6.07, 6.45) is 0. The first-order valence-corrected chi connectivity index (χ1v) is 7.59. The summed E-state index contributed by atoms with van der Waals surface area (Å²) in [4.78, 5) is 26.3. The van der Waals surface area contributed by atoms with Crippen LogP contribution in [0.2, 0.25) is 5.02 Å². The molecule has 3 aromatic rings. The van der Waals surface area contributed by atoms with Gasteiger partial charge in [0.2, 0.25) is 0 Å².